The van der Waals surface area contributed by atoms with Crippen LogP contribution in [0.3, 0.4) is 0 Å². The smallest absolute Gasteiger partial charge is 0.171 e. The highest BCUT2D eigenvalue weighted by atomic mass is 31.2. The van der Waals surface area contributed by atoms with Crippen molar-refractivity contribution in [1.82, 2.24) is 14.4 Å². The Morgan fingerprint density at radius 1 is 0.390 bits per heavy atom. The first-order valence-corrected chi connectivity index (χ1v) is 21.6. The summed E-state index contributed by atoms with van der Waals surface area (Å²) in [5.74, 6) is 0. The third kappa shape index (κ3) is 5.27. The zero-order chi connectivity index (χ0) is 39.1. The van der Waals surface area contributed by atoms with Gasteiger partial charge in [-0.2, -0.15) is 0 Å². The van der Waals surface area contributed by atoms with E-state index in [1.165, 1.54) is 21.5 Å². The Balaban J connectivity index is 1.05. The SMILES string of the molecule is O=P(c1ccccc1)(c1ccccc1)c1ccc2cc(-c3ccc4c(c3)c3cc5ccccc5cc3c3nc5ccc(-c6cncc7ccccc67)cc5n43)ccc2c1. The number of rotatable bonds is 5. The maximum absolute atomic E-state index is 15.2. The van der Waals surface area contributed by atoms with Crippen molar-refractivity contribution in [3.8, 4) is 22.3 Å². The number of fused-ring (bicyclic) bond motifs is 11. The average molecular weight is 772 g/mol. The van der Waals surface area contributed by atoms with E-state index >= 15 is 4.57 Å². The fourth-order valence-corrected chi connectivity index (χ4v) is 11.8. The lowest BCUT2D eigenvalue weighted by molar-refractivity contribution is 0.592. The van der Waals surface area contributed by atoms with E-state index in [0.29, 0.717) is 0 Å². The Morgan fingerprint density at radius 3 is 1.78 bits per heavy atom. The van der Waals surface area contributed by atoms with E-state index in [1.807, 2.05) is 73.1 Å². The van der Waals surface area contributed by atoms with Gasteiger partial charge in [0.1, 0.15) is 5.65 Å². The van der Waals surface area contributed by atoms with Crippen LogP contribution < -0.4 is 15.9 Å². The first kappa shape index (κ1) is 33.7. The van der Waals surface area contributed by atoms with Crippen LogP contribution in [0, 0.1) is 0 Å². The number of hydrogen-bond donors (Lipinski definition) is 0. The van der Waals surface area contributed by atoms with Gasteiger partial charge in [0.15, 0.2) is 7.14 Å². The van der Waals surface area contributed by atoms with Crippen LogP contribution in [0.25, 0.3) is 92.9 Å². The van der Waals surface area contributed by atoms with Gasteiger partial charge in [-0.1, -0.05) is 146 Å². The topological polar surface area (TPSA) is 47.3 Å². The van der Waals surface area contributed by atoms with Crippen molar-refractivity contribution >= 4 is 93.7 Å². The normalized spacial score (nSPS) is 12.1. The summed E-state index contributed by atoms with van der Waals surface area (Å²) in [6.07, 6.45) is 3.89. The van der Waals surface area contributed by atoms with Crippen molar-refractivity contribution < 1.29 is 4.57 Å². The summed E-state index contributed by atoms with van der Waals surface area (Å²) in [6, 6.07) is 67.7. The van der Waals surface area contributed by atoms with Crippen molar-refractivity contribution in [3.63, 3.8) is 0 Å². The second kappa shape index (κ2) is 13.1. The standard InChI is InChI=1S/C54H34N3OP/c58-59(43-14-3-1-4-15-43,44-16-5-2-6-17-44)45-24-21-38-27-37(19-20-39(38)28-45)40-23-26-52-48(30-40)47-29-35-11-7-8-12-36(35)31-49(47)54-56-51-25-22-41(32-53(51)57(52)54)50-34-55-33-42-13-9-10-18-46(42)50/h1-34H. The van der Waals surface area contributed by atoms with Gasteiger partial charge < -0.3 is 4.57 Å². The first-order valence-electron chi connectivity index (χ1n) is 19.9. The van der Waals surface area contributed by atoms with Crippen LogP contribution in [0.15, 0.2) is 207 Å². The molecule has 0 saturated heterocycles. The van der Waals surface area contributed by atoms with Crippen molar-refractivity contribution in [1.29, 1.82) is 0 Å². The molecule has 0 spiro atoms. The maximum Gasteiger partial charge on any atom is 0.171 e. The van der Waals surface area contributed by atoms with E-state index in [1.54, 1.807) is 0 Å². The van der Waals surface area contributed by atoms with Crippen LogP contribution in [0.2, 0.25) is 0 Å². The monoisotopic (exact) mass is 771 g/mol. The van der Waals surface area contributed by atoms with Crippen LogP contribution >= 0.6 is 7.14 Å². The minimum atomic E-state index is -3.09. The summed E-state index contributed by atoms with van der Waals surface area (Å²) < 4.78 is 17.5. The summed E-state index contributed by atoms with van der Waals surface area (Å²) in [5, 5.41) is 12.8. The molecule has 0 bridgehead atoms. The predicted octanol–water partition coefficient (Wildman–Crippen LogP) is 12.6. The molecular formula is C54H34N3OP. The molecule has 0 fully saturated rings. The number of hydrogen-bond acceptors (Lipinski definition) is 3. The second-order valence-electron chi connectivity index (χ2n) is 15.4. The van der Waals surface area contributed by atoms with Gasteiger partial charge in [-0.25, -0.2) is 4.98 Å². The third-order valence-electron chi connectivity index (χ3n) is 12.0. The Hall–Kier alpha value is -7.39. The van der Waals surface area contributed by atoms with Crippen LogP contribution in [-0.4, -0.2) is 14.4 Å². The first-order chi connectivity index (χ1) is 29.1. The highest BCUT2D eigenvalue weighted by molar-refractivity contribution is 7.85. The number of pyridine rings is 2. The van der Waals surface area contributed by atoms with E-state index in [-0.39, 0.29) is 0 Å². The van der Waals surface area contributed by atoms with Crippen molar-refractivity contribution in [3.05, 3.63) is 207 Å². The van der Waals surface area contributed by atoms with Gasteiger partial charge >= 0.3 is 0 Å². The second-order valence-corrected chi connectivity index (χ2v) is 18.2. The molecule has 276 valence electrons. The molecule has 3 heterocycles. The minimum Gasteiger partial charge on any atom is -0.309 e. The molecular weight excluding hydrogens is 738 g/mol. The number of imidazole rings is 1. The largest absolute Gasteiger partial charge is 0.309 e. The highest BCUT2D eigenvalue weighted by Crippen LogP contribution is 2.44. The molecule has 0 saturated carbocycles. The predicted molar refractivity (Wildman–Crippen MR) is 248 cm³/mol. The molecule has 59 heavy (non-hydrogen) atoms. The van der Waals surface area contributed by atoms with Gasteiger partial charge in [0, 0.05) is 50.0 Å². The zero-order valence-corrected chi connectivity index (χ0v) is 32.7. The molecule has 0 aliphatic heterocycles. The van der Waals surface area contributed by atoms with Crippen molar-refractivity contribution in [2.24, 2.45) is 0 Å². The lowest BCUT2D eigenvalue weighted by Gasteiger charge is -2.20. The third-order valence-corrected chi connectivity index (χ3v) is 15.1. The molecule has 4 nitrogen and oxygen atoms in total. The van der Waals surface area contributed by atoms with Gasteiger partial charge in [-0.15, -0.1) is 0 Å². The molecule has 5 heteroatoms. The fourth-order valence-electron chi connectivity index (χ4n) is 9.12. The molecule has 0 amide bonds. The van der Waals surface area contributed by atoms with Crippen LogP contribution in [0.5, 0.6) is 0 Å². The molecule has 0 N–H and O–H groups in total. The van der Waals surface area contributed by atoms with Gasteiger partial charge in [-0.05, 0) is 97.5 Å². The van der Waals surface area contributed by atoms with Crippen LogP contribution in [0.1, 0.15) is 0 Å². The molecule has 12 rings (SSSR count). The zero-order valence-electron chi connectivity index (χ0n) is 31.8. The minimum absolute atomic E-state index is 0.830. The summed E-state index contributed by atoms with van der Waals surface area (Å²) in [4.78, 5) is 9.90. The van der Waals surface area contributed by atoms with Crippen molar-refractivity contribution in [2.75, 3.05) is 0 Å². The van der Waals surface area contributed by atoms with Gasteiger partial charge in [0.05, 0.1) is 16.6 Å². The lowest BCUT2D eigenvalue weighted by Crippen LogP contribution is -2.24. The molecule has 0 radical (unpaired) electrons. The van der Waals surface area contributed by atoms with Gasteiger partial charge in [0.2, 0.25) is 0 Å². The maximum atomic E-state index is 15.2. The van der Waals surface area contributed by atoms with E-state index in [0.717, 1.165) is 87.3 Å². The van der Waals surface area contributed by atoms with Gasteiger partial charge in [0.25, 0.3) is 0 Å². The Kier molecular flexibility index (Phi) is 7.47. The molecule has 0 unspecified atom stereocenters. The Labute approximate surface area is 340 Å². The molecule has 3 aromatic heterocycles. The fraction of sp³-hybridized carbons (Fsp3) is 0. The number of nitrogens with zero attached hydrogens (tertiary/aromatic N) is 3. The summed E-state index contributed by atoms with van der Waals surface area (Å²) >= 11 is 0. The summed E-state index contributed by atoms with van der Waals surface area (Å²) in [5.41, 5.74) is 8.51. The number of aromatic nitrogens is 3. The van der Waals surface area contributed by atoms with E-state index in [2.05, 4.69) is 143 Å². The van der Waals surface area contributed by atoms with E-state index in [4.69, 9.17) is 4.98 Å². The van der Waals surface area contributed by atoms with Crippen LogP contribution in [-0.2, 0) is 4.57 Å². The number of benzene rings is 9. The highest BCUT2D eigenvalue weighted by Gasteiger charge is 2.29. The van der Waals surface area contributed by atoms with E-state index in [9.17, 15) is 0 Å². The molecule has 0 aliphatic carbocycles. The Morgan fingerprint density at radius 2 is 1.00 bits per heavy atom. The van der Waals surface area contributed by atoms with Gasteiger partial charge in [-0.3, -0.25) is 9.38 Å². The summed E-state index contributed by atoms with van der Waals surface area (Å²) in [6.45, 7) is 0. The average Bonchev–Trinajstić information content (AvgIpc) is 3.70. The van der Waals surface area contributed by atoms with Crippen molar-refractivity contribution in [2.45, 2.75) is 0 Å². The quantitative estimate of drug-likeness (QED) is 0.0994. The van der Waals surface area contributed by atoms with E-state index < -0.39 is 7.14 Å². The Bertz CT molecular complexity index is 3660. The molecule has 12 aromatic rings. The summed E-state index contributed by atoms with van der Waals surface area (Å²) in [7, 11) is -3.09. The molecule has 9 aromatic carbocycles. The lowest BCUT2D eigenvalue weighted by atomic mass is 9.96. The molecule has 0 atom stereocenters. The van der Waals surface area contributed by atoms with Crippen LogP contribution in [0.4, 0.5) is 0 Å². The molecule has 0 aliphatic rings.